The van der Waals surface area contributed by atoms with E-state index in [-0.39, 0.29) is 0 Å². The molecule has 0 radical (unpaired) electrons. The fraction of sp³-hybridized carbons (Fsp3) is 0.333. The number of aliphatic imine (C=N–C) groups is 1. The van der Waals surface area contributed by atoms with Crippen molar-refractivity contribution in [2.45, 2.75) is 26.9 Å². The maximum absolute atomic E-state index is 5.95. The molecule has 2 rings (SSSR count). The molecule has 0 atom stereocenters. The van der Waals surface area contributed by atoms with Gasteiger partial charge in [0.2, 0.25) is 9.04 Å². The molecule has 0 saturated heterocycles. The number of benzene rings is 1. The van der Waals surface area contributed by atoms with Crippen LogP contribution in [0.1, 0.15) is 18.2 Å². The van der Waals surface area contributed by atoms with Gasteiger partial charge in [0.15, 0.2) is 0 Å². The van der Waals surface area contributed by atoms with Crippen LogP contribution < -0.4 is 4.43 Å². The number of hydrogen-bond donors (Lipinski definition) is 0. The number of aryl methyl sites for hydroxylation is 2. The first kappa shape index (κ1) is 14.5. The molecule has 1 aromatic carbocycles. The van der Waals surface area contributed by atoms with Crippen LogP contribution in [0.4, 0.5) is 5.69 Å². The second kappa shape index (κ2) is 6.05. The second-order valence-electron chi connectivity index (χ2n) is 5.26. The summed E-state index contributed by atoms with van der Waals surface area (Å²) >= 11 is 0. The molecule has 5 heteroatoms. The molecule has 0 fully saturated rings. The maximum Gasteiger partial charge on any atom is 0.229 e. The van der Waals surface area contributed by atoms with Gasteiger partial charge in [-0.1, -0.05) is 6.07 Å². The van der Waals surface area contributed by atoms with Gasteiger partial charge in [0.05, 0.1) is 12.0 Å². The highest BCUT2D eigenvalue weighted by Crippen LogP contribution is 2.29. The zero-order valence-electron chi connectivity index (χ0n) is 12.7. The lowest BCUT2D eigenvalue weighted by Gasteiger charge is -2.12. The Kier molecular flexibility index (Phi) is 4.39. The van der Waals surface area contributed by atoms with Gasteiger partial charge >= 0.3 is 0 Å². The summed E-state index contributed by atoms with van der Waals surface area (Å²) in [6, 6.07) is 6.12. The Morgan fingerprint density at radius 2 is 2.10 bits per heavy atom. The summed E-state index contributed by atoms with van der Waals surface area (Å²) in [5, 5.41) is 0. The highest BCUT2D eigenvalue weighted by Gasteiger charge is 2.08. The Hall–Kier alpha value is -1.88. The molecule has 0 aliphatic carbocycles. The fourth-order valence-corrected chi connectivity index (χ4v) is 2.61. The second-order valence-corrected chi connectivity index (χ2v) is 7.59. The van der Waals surface area contributed by atoms with E-state index >= 15 is 0 Å². The van der Waals surface area contributed by atoms with Gasteiger partial charge in [0.1, 0.15) is 17.1 Å². The van der Waals surface area contributed by atoms with Crippen molar-refractivity contribution < 1.29 is 4.43 Å². The third kappa shape index (κ3) is 3.57. The normalized spacial score (nSPS) is 12.0. The van der Waals surface area contributed by atoms with Gasteiger partial charge < -0.3 is 8.99 Å². The molecule has 1 heterocycles. The highest BCUT2D eigenvalue weighted by molar-refractivity contribution is 6.49. The van der Waals surface area contributed by atoms with Crippen LogP contribution in [-0.4, -0.2) is 24.3 Å². The van der Waals surface area contributed by atoms with Crippen molar-refractivity contribution in [1.82, 2.24) is 9.55 Å². The van der Waals surface area contributed by atoms with E-state index in [1.54, 1.807) is 6.33 Å². The van der Waals surface area contributed by atoms with Crippen LogP contribution in [0, 0.1) is 6.92 Å². The van der Waals surface area contributed by atoms with Gasteiger partial charge in [-0.3, -0.25) is 0 Å². The first-order valence-electron chi connectivity index (χ1n) is 6.76. The van der Waals surface area contributed by atoms with Crippen LogP contribution in [0.2, 0.25) is 13.1 Å². The van der Waals surface area contributed by atoms with Crippen LogP contribution in [-0.2, 0) is 7.05 Å². The third-order valence-corrected chi connectivity index (χ3v) is 3.57. The summed E-state index contributed by atoms with van der Waals surface area (Å²) in [7, 11) is 0.809. The van der Waals surface area contributed by atoms with E-state index < -0.39 is 9.04 Å². The largest absolute Gasteiger partial charge is 0.546 e. The number of hydrogen-bond acceptors (Lipinski definition) is 3. The minimum atomic E-state index is -1.14. The Morgan fingerprint density at radius 1 is 1.35 bits per heavy atom. The molecule has 0 saturated carbocycles. The van der Waals surface area contributed by atoms with Crippen molar-refractivity contribution in [2.24, 2.45) is 12.0 Å². The predicted molar refractivity (Wildman–Crippen MR) is 85.8 cm³/mol. The molecular formula is C15H21N3OSi. The molecule has 1 aromatic heterocycles. The molecule has 0 aliphatic heterocycles. The average Bonchev–Trinajstić information content (AvgIpc) is 2.79. The van der Waals surface area contributed by atoms with Gasteiger partial charge in [-0.2, -0.15) is 0 Å². The first-order chi connectivity index (χ1) is 9.45. The van der Waals surface area contributed by atoms with Crippen molar-refractivity contribution in [1.29, 1.82) is 0 Å². The standard InChI is InChI=1S/C15H21N3OSi/c1-11-6-7-15(19-20(4)5)13(8-11)17-12(2)14-9-18(3)10-16-14/h6-10,20H,1-5H3. The van der Waals surface area contributed by atoms with Crippen molar-refractivity contribution in [3.63, 3.8) is 0 Å². The first-order valence-corrected chi connectivity index (χ1v) is 9.54. The molecule has 0 amide bonds. The summed E-state index contributed by atoms with van der Waals surface area (Å²) in [6.45, 7) is 8.34. The lowest BCUT2D eigenvalue weighted by Crippen LogP contribution is -2.11. The Labute approximate surface area is 121 Å². The molecule has 0 bridgehead atoms. The highest BCUT2D eigenvalue weighted by atomic mass is 28.3. The predicted octanol–water partition coefficient (Wildman–Crippen LogP) is 3.23. The van der Waals surface area contributed by atoms with E-state index in [0.29, 0.717) is 0 Å². The summed E-state index contributed by atoms with van der Waals surface area (Å²) in [5.41, 5.74) is 3.85. The van der Waals surface area contributed by atoms with E-state index in [0.717, 1.165) is 22.8 Å². The average molecular weight is 287 g/mol. The Balaban J connectivity index is 2.38. The van der Waals surface area contributed by atoms with Crippen molar-refractivity contribution in [3.05, 3.63) is 42.0 Å². The SMILES string of the molecule is CC(=Nc1cc(C)ccc1O[SiH](C)C)c1cn(C)cn1. The molecule has 0 unspecified atom stereocenters. The van der Waals surface area contributed by atoms with Crippen molar-refractivity contribution in [3.8, 4) is 5.75 Å². The van der Waals surface area contributed by atoms with Gasteiger partial charge in [0.25, 0.3) is 0 Å². The molecule has 20 heavy (non-hydrogen) atoms. The lowest BCUT2D eigenvalue weighted by atomic mass is 10.2. The minimum Gasteiger partial charge on any atom is -0.546 e. The monoisotopic (exact) mass is 287 g/mol. The zero-order chi connectivity index (χ0) is 14.7. The molecule has 106 valence electrons. The fourth-order valence-electron chi connectivity index (χ4n) is 1.91. The summed E-state index contributed by atoms with van der Waals surface area (Å²) in [5.74, 6) is 0.868. The van der Waals surface area contributed by atoms with E-state index in [1.807, 2.05) is 30.8 Å². The number of imidazole rings is 1. The van der Waals surface area contributed by atoms with Crippen molar-refractivity contribution in [2.75, 3.05) is 0 Å². The molecular weight excluding hydrogens is 266 g/mol. The number of nitrogens with zero attached hydrogens (tertiary/aromatic N) is 3. The van der Waals surface area contributed by atoms with E-state index in [4.69, 9.17) is 9.42 Å². The Bertz CT molecular complexity index is 632. The van der Waals surface area contributed by atoms with Gasteiger partial charge in [0, 0.05) is 13.2 Å². The van der Waals surface area contributed by atoms with Crippen LogP contribution in [0.25, 0.3) is 0 Å². The Morgan fingerprint density at radius 3 is 2.70 bits per heavy atom. The smallest absolute Gasteiger partial charge is 0.229 e. The van der Waals surface area contributed by atoms with E-state index in [2.05, 4.69) is 37.1 Å². The third-order valence-electron chi connectivity index (χ3n) is 2.84. The molecule has 0 N–H and O–H groups in total. The number of aromatic nitrogens is 2. The summed E-state index contributed by atoms with van der Waals surface area (Å²) in [6.07, 6.45) is 3.75. The van der Waals surface area contributed by atoms with Gasteiger partial charge in [-0.15, -0.1) is 0 Å². The lowest BCUT2D eigenvalue weighted by molar-refractivity contribution is 0.582. The minimum absolute atomic E-state index is 0.868. The molecule has 0 aliphatic rings. The van der Waals surface area contributed by atoms with Gasteiger partial charge in [-0.25, -0.2) is 9.98 Å². The topological polar surface area (TPSA) is 39.4 Å². The maximum atomic E-state index is 5.95. The molecule has 4 nitrogen and oxygen atoms in total. The van der Waals surface area contributed by atoms with Crippen LogP contribution in [0.3, 0.4) is 0 Å². The molecule has 2 aromatic rings. The van der Waals surface area contributed by atoms with E-state index in [1.165, 1.54) is 5.56 Å². The number of rotatable bonds is 4. The summed E-state index contributed by atoms with van der Waals surface area (Å²) in [4.78, 5) is 9.02. The quantitative estimate of drug-likeness (QED) is 0.640. The zero-order valence-corrected chi connectivity index (χ0v) is 13.9. The summed E-state index contributed by atoms with van der Waals surface area (Å²) < 4.78 is 7.87. The van der Waals surface area contributed by atoms with Crippen LogP contribution in [0.15, 0.2) is 35.7 Å². The molecule has 0 spiro atoms. The van der Waals surface area contributed by atoms with Crippen LogP contribution >= 0.6 is 0 Å². The van der Waals surface area contributed by atoms with Crippen molar-refractivity contribution >= 4 is 20.4 Å². The van der Waals surface area contributed by atoms with E-state index in [9.17, 15) is 0 Å². The van der Waals surface area contributed by atoms with Gasteiger partial charge in [-0.05, 0) is 44.6 Å². The van der Waals surface area contributed by atoms with Crippen LogP contribution in [0.5, 0.6) is 5.75 Å².